The second kappa shape index (κ2) is 7.36. The van der Waals surface area contributed by atoms with Crippen LogP contribution in [0.2, 0.25) is 0 Å². The van der Waals surface area contributed by atoms with E-state index in [2.05, 4.69) is 49.6 Å². The summed E-state index contributed by atoms with van der Waals surface area (Å²) < 4.78 is 12.9. The molecular weight excluding hydrogens is 295 g/mol. The first-order valence-corrected chi connectivity index (χ1v) is 7.80. The van der Waals surface area contributed by atoms with Crippen molar-refractivity contribution in [3.63, 3.8) is 0 Å². The minimum absolute atomic E-state index is 0.153. The number of rotatable bonds is 4. The third-order valence-corrected chi connectivity index (χ3v) is 3.97. The zero-order chi connectivity index (χ0) is 16.1. The smallest absolute Gasteiger partial charge is 0.171 e. The highest BCUT2D eigenvalue weighted by atomic mass is 32.1. The SMILES string of the molecule is CC[C@@H](NC(=S)Nc1ccc(F)cc1)c1ccc(C)c(C)c1. The summed E-state index contributed by atoms with van der Waals surface area (Å²) in [5.74, 6) is -0.258. The molecule has 2 nitrogen and oxygen atoms in total. The van der Waals surface area contributed by atoms with Crippen LogP contribution in [0.3, 0.4) is 0 Å². The van der Waals surface area contributed by atoms with E-state index in [1.165, 1.54) is 28.8 Å². The maximum absolute atomic E-state index is 12.9. The van der Waals surface area contributed by atoms with Crippen molar-refractivity contribution in [3.8, 4) is 0 Å². The Morgan fingerprint density at radius 1 is 1.09 bits per heavy atom. The van der Waals surface area contributed by atoms with Gasteiger partial charge in [0.2, 0.25) is 0 Å². The second-order valence-electron chi connectivity index (χ2n) is 5.41. The quantitative estimate of drug-likeness (QED) is 0.786. The third kappa shape index (κ3) is 4.28. The van der Waals surface area contributed by atoms with Gasteiger partial charge >= 0.3 is 0 Å². The van der Waals surface area contributed by atoms with Gasteiger partial charge in [-0.1, -0.05) is 25.1 Å². The van der Waals surface area contributed by atoms with Crippen molar-refractivity contribution in [3.05, 3.63) is 65.0 Å². The summed E-state index contributed by atoms with van der Waals surface area (Å²) in [5.41, 5.74) is 4.54. The van der Waals surface area contributed by atoms with E-state index < -0.39 is 0 Å². The Hall–Kier alpha value is -1.94. The lowest BCUT2D eigenvalue weighted by atomic mass is 9.99. The highest BCUT2D eigenvalue weighted by Gasteiger charge is 2.11. The van der Waals surface area contributed by atoms with Crippen LogP contribution in [0.4, 0.5) is 10.1 Å². The van der Waals surface area contributed by atoms with E-state index in [9.17, 15) is 4.39 Å². The first kappa shape index (κ1) is 16.4. The molecule has 2 N–H and O–H groups in total. The molecule has 116 valence electrons. The van der Waals surface area contributed by atoms with Gasteiger partial charge in [-0.2, -0.15) is 0 Å². The van der Waals surface area contributed by atoms with Crippen molar-refractivity contribution in [2.24, 2.45) is 0 Å². The Bertz CT molecular complexity index is 653. The van der Waals surface area contributed by atoms with Gasteiger partial charge in [-0.15, -0.1) is 0 Å². The summed E-state index contributed by atoms with van der Waals surface area (Å²) in [4.78, 5) is 0. The summed E-state index contributed by atoms with van der Waals surface area (Å²) in [7, 11) is 0. The molecule has 0 heterocycles. The molecule has 0 fully saturated rings. The normalized spacial score (nSPS) is 11.8. The van der Waals surface area contributed by atoms with Crippen molar-refractivity contribution >= 4 is 23.0 Å². The molecule has 0 aliphatic rings. The van der Waals surface area contributed by atoms with Crippen LogP contribution >= 0.6 is 12.2 Å². The Labute approximate surface area is 136 Å². The van der Waals surface area contributed by atoms with E-state index in [-0.39, 0.29) is 11.9 Å². The van der Waals surface area contributed by atoms with E-state index in [0.717, 1.165) is 12.1 Å². The topological polar surface area (TPSA) is 24.1 Å². The summed E-state index contributed by atoms with van der Waals surface area (Å²) >= 11 is 5.35. The van der Waals surface area contributed by atoms with E-state index in [1.807, 2.05) is 0 Å². The van der Waals surface area contributed by atoms with Crippen LogP contribution in [0.5, 0.6) is 0 Å². The summed E-state index contributed by atoms with van der Waals surface area (Å²) in [5, 5.41) is 6.94. The second-order valence-corrected chi connectivity index (χ2v) is 5.82. The van der Waals surface area contributed by atoms with Crippen LogP contribution in [-0.2, 0) is 0 Å². The fraction of sp³-hybridized carbons (Fsp3) is 0.278. The largest absolute Gasteiger partial charge is 0.356 e. The minimum atomic E-state index is -0.258. The van der Waals surface area contributed by atoms with Gasteiger partial charge in [-0.3, -0.25) is 0 Å². The molecule has 0 bridgehead atoms. The molecular formula is C18H21FN2S. The van der Waals surface area contributed by atoms with Crippen molar-refractivity contribution < 1.29 is 4.39 Å². The minimum Gasteiger partial charge on any atom is -0.356 e. The molecule has 0 radical (unpaired) electrons. The lowest BCUT2D eigenvalue weighted by Gasteiger charge is -2.21. The van der Waals surface area contributed by atoms with Gasteiger partial charge in [-0.05, 0) is 73.4 Å². The molecule has 2 aromatic carbocycles. The Morgan fingerprint density at radius 3 is 2.36 bits per heavy atom. The summed E-state index contributed by atoms with van der Waals surface area (Å²) in [6.45, 7) is 6.34. The van der Waals surface area contributed by atoms with Crippen molar-refractivity contribution in [1.82, 2.24) is 5.32 Å². The molecule has 0 aliphatic heterocycles. The van der Waals surface area contributed by atoms with Crippen LogP contribution in [0, 0.1) is 19.7 Å². The Kier molecular flexibility index (Phi) is 5.50. The predicted octanol–water partition coefficient (Wildman–Crippen LogP) is 4.88. The van der Waals surface area contributed by atoms with Crippen LogP contribution in [-0.4, -0.2) is 5.11 Å². The Balaban J connectivity index is 2.04. The highest BCUT2D eigenvalue weighted by molar-refractivity contribution is 7.80. The molecule has 0 spiro atoms. The molecule has 0 saturated heterocycles. The number of thiocarbonyl (C=S) groups is 1. The average molecular weight is 316 g/mol. The molecule has 1 atom stereocenters. The molecule has 0 unspecified atom stereocenters. The predicted molar refractivity (Wildman–Crippen MR) is 94.7 cm³/mol. The van der Waals surface area contributed by atoms with Crippen molar-refractivity contribution in [2.75, 3.05) is 5.32 Å². The standard InChI is InChI=1S/C18H21FN2S/c1-4-17(14-6-5-12(2)13(3)11-14)21-18(22)20-16-9-7-15(19)8-10-16/h5-11,17H,4H2,1-3H3,(H2,20,21,22)/t17-/m1/s1. The van der Waals surface area contributed by atoms with E-state index in [4.69, 9.17) is 12.2 Å². The number of hydrogen-bond donors (Lipinski definition) is 2. The number of halogens is 1. The lowest BCUT2D eigenvalue weighted by molar-refractivity contribution is 0.627. The summed E-state index contributed by atoms with van der Waals surface area (Å²) in [6.07, 6.45) is 0.924. The zero-order valence-corrected chi connectivity index (χ0v) is 13.9. The number of benzene rings is 2. The monoisotopic (exact) mass is 316 g/mol. The van der Waals surface area contributed by atoms with Gasteiger partial charge < -0.3 is 10.6 Å². The number of anilines is 1. The third-order valence-electron chi connectivity index (χ3n) is 3.75. The van der Waals surface area contributed by atoms with Crippen LogP contribution in [0.1, 0.15) is 36.1 Å². The maximum Gasteiger partial charge on any atom is 0.171 e. The first-order chi connectivity index (χ1) is 10.5. The zero-order valence-electron chi connectivity index (χ0n) is 13.1. The number of aryl methyl sites for hydroxylation is 2. The van der Waals surface area contributed by atoms with Gasteiger partial charge in [0.1, 0.15) is 5.82 Å². The van der Waals surface area contributed by atoms with Gasteiger partial charge in [0.25, 0.3) is 0 Å². The summed E-state index contributed by atoms with van der Waals surface area (Å²) in [6, 6.07) is 12.8. The maximum atomic E-state index is 12.9. The van der Waals surface area contributed by atoms with Gasteiger partial charge in [0, 0.05) is 5.69 Å². The fourth-order valence-electron chi connectivity index (χ4n) is 2.26. The van der Waals surface area contributed by atoms with E-state index in [1.54, 1.807) is 12.1 Å². The van der Waals surface area contributed by atoms with Crippen molar-refractivity contribution in [2.45, 2.75) is 33.2 Å². The molecule has 0 aromatic heterocycles. The van der Waals surface area contributed by atoms with Crippen LogP contribution in [0.15, 0.2) is 42.5 Å². The average Bonchev–Trinajstić information content (AvgIpc) is 2.50. The molecule has 0 aliphatic carbocycles. The lowest BCUT2D eigenvalue weighted by Crippen LogP contribution is -2.32. The fourth-order valence-corrected chi connectivity index (χ4v) is 2.52. The molecule has 2 rings (SSSR count). The molecule has 22 heavy (non-hydrogen) atoms. The van der Waals surface area contributed by atoms with Gasteiger partial charge in [0.05, 0.1) is 6.04 Å². The first-order valence-electron chi connectivity index (χ1n) is 7.40. The van der Waals surface area contributed by atoms with Crippen LogP contribution < -0.4 is 10.6 Å². The Morgan fingerprint density at radius 2 is 1.77 bits per heavy atom. The van der Waals surface area contributed by atoms with Crippen LogP contribution in [0.25, 0.3) is 0 Å². The number of hydrogen-bond acceptors (Lipinski definition) is 1. The molecule has 0 saturated carbocycles. The highest BCUT2D eigenvalue weighted by Crippen LogP contribution is 2.20. The molecule has 0 amide bonds. The molecule has 2 aromatic rings. The number of nitrogens with one attached hydrogen (secondary N) is 2. The molecule has 4 heteroatoms. The van der Waals surface area contributed by atoms with E-state index >= 15 is 0 Å². The van der Waals surface area contributed by atoms with Gasteiger partial charge in [0.15, 0.2) is 5.11 Å². The van der Waals surface area contributed by atoms with Crippen molar-refractivity contribution in [1.29, 1.82) is 0 Å². The van der Waals surface area contributed by atoms with Gasteiger partial charge in [-0.25, -0.2) is 4.39 Å². The van der Waals surface area contributed by atoms with E-state index in [0.29, 0.717) is 5.11 Å².